The summed E-state index contributed by atoms with van der Waals surface area (Å²) in [5.41, 5.74) is 5.33. The number of carbonyl (C=O) groups is 3. The van der Waals surface area contributed by atoms with Crippen LogP contribution in [0.1, 0.15) is 168 Å². The fraction of sp³-hybridized carbons (Fsp3) is 0.786. The van der Waals surface area contributed by atoms with E-state index in [0.29, 0.717) is 25.0 Å². The van der Waals surface area contributed by atoms with Gasteiger partial charge in [0.05, 0.1) is 25.4 Å². The number of hydrogen-bond acceptors (Lipinski definition) is 10. The van der Waals surface area contributed by atoms with Crippen LogP contribution in [0, 0.1) is 0 Å². The second-order valence-corrected chi connectivity index (χ2v) is 16.0. The molecule has 12 nitrogen and oxygen atoms in total. The minimum atomic E-state index is -4.73. The van der Waals surface area contributed by atoms with E-state index < -0.39 is 51.1 Å². The maximum Gasteiger partial charge on any atom is 0.472 e. The summed E-state index contributed by atoms with van der Waals surface area (Å²) in [4.78, 5) is 45.9. The van der Waals surface area contributed by atoms with E-state index in [0.717, 1.165) is 89.9 Å². The number of epoxide rings is 1. The molecule has 0 saturated carbocycles. The van der Waals surface area contributed by atoms with Gasteiger partial charge in [0, 0.05) is 12.8 Å². The van der Waals surface area contributed by atoms with Crippen molar-refractivity contribution < 1.29 is 52.2 Å². The van der Waals surface area contributed by atoms with Crippen molar-refractivity contribution in [2.24, 2.45) is 5.73 Å². The molecule has 1 fully saturated rings. The Kier molecular flexibility index (Phi) is 31.1. The Bertz CT molecular complexity index is 1140. The van der Waals surface area contributed by atoms with Crippen LogP contribution in [0.2, 0.25) is 0 Å². The average Bonchev–Trinajstić information content (AvgIpc) is 3.91. The number of carbonyl (C=O) groups excluding carboxylic acids is 2. The molecule has 0 aromatic carbocycles. The van der Waals surface area contributed by atoms with Crippen LogP contribution >= 0.6 is 7.82 Å². The van der Waals surface area contributed by atoms with E-state index in [1.807, 2.05) is 0 Å². The van der Waals surface area contributed by atoms with Gasteiger partial charge in [-0.1, -0.05) is 121 Å². The predicted octanol–water partition coefficient (Wildman–Crippen LogP) is 9.83. The molecule has 0 aromatic rings. The Labute approximate surface area is 331 Å². The van der Waals surface area contributed by atoms with Crippen LogP contribution in [0.4, 0.5) is 0 Å². The number of hydrogen-bond donors (Lipinski definition) is 3. The molecule has 1 heterocycles. The molecule has 1 aliphatic rings. The van der Waals surface area contributed by atoms with Gasteiger partial charge in [0.25, 0.3) is 0 Å². The number of rotatable bonds is 38. The zero-order chi connectivity index (χ0) is 40.4. The Morgan fingerprint density at radius 1 is 0.673 bits per heavy atom. The van der Waals surface area contributed by atoms with Crippen LogP contribution in [0.5, 0.6) is 0 Å². The second-order valence-electron chi connectivity index (χ2n) is 14.5. The Balaban J connectivity index is 2.32. The minimum absolute atomic E-state index is 0.134. The normalized spacial score (nSPS) is 17.8. The topological polar surface area (TPSA) is 184 Å². The van der Waals surface area contributed by atoms with Crippen molar-refractivity contribution in [3.05, 3.63) is 36.5 Å². The molecule has 0 spiro atoms. The zero-order valence-corrected chi connectivity index (χ0v) is 34.9. The summed E-state index contributed by atoms with van der Waals surface area (Å²) in [6, 6.07) is -1.53. The van der Waals surface area contributed by atoms with E-state index in [1.54, 1.807) is 0 Å². The molecule has 4 N–H and O–H groups in total. The smallest absolute Gasteiger partial charge is 0.472 e. The summed E-state index contributed by atoms with van der Waals surface area (Å²) >= 11 is 0. The van der Waals surface area contributed by atoms with E-state index in [9.17, 15) is 23.8 Å². The predicted molar refractivity (Wildman–Crippen MR) is 216 cm³/mol. The number of aliphatic carboxylic acids is 1. The Hall–Kier alpha value is -2.34. The van der Waals surface area contributed by atoms with Crippen LogP contribution in [-0.4, -0.2) is 72.1 Å². The summed E-state index contributed by atoms with van der Waals surface area (Å²) in [6.45, 7) is 2.70. The second kappa shape index (κ2) is 33.8. The van der Waals surface area contributed by atoms with Crippen LogP contribution in [-0.2, 0) is 42.2 Å². The first-order valence-corrected chi connectivity index (χ1v) is 22.6. The van der Waals surface area contributed by atoms with Gasteiger partial charge in [0.2, 0.25) is 0 Å². The van der Waals surface area contributed by atoms with Crippen LogP contribution in [0.3, 0.4) is 0 Å². The lowest BCUT2D eigenvalue weighted by atomic mass is 10.1. The number of phosphoric ester groups is 1. The molecule has 3 unspecified atom stereocenters. The van der Waals surface area contributed by atoms with Gasteiger partial charge in [-0.15, -0.1) is 0 Å². The van der Waals surface area contributed by atoms with E-state index in [2.05, 4.69) is 54.8 Å². The monoisotopic (exact) mass is 799 g/mol. The van der Waals surface area contributed by atoms with Crippen molar-refractivity contribution in [1.82, 2.24) is 0 Å². The van der Waals surface area contributed by atoms with Gasteiger partial charge in [0.1, 0.15) is 12.6 Å². The minimum Gasteiger partial charge on any atom is -0.480 e. The fourth-order valence-corrected chi connectivity index (χ4v) is 6.58. The molecule has 13 heteroatoms. The highest BCUT2D eigenvalue weighted by molar-refractivity contribution is 7.47. The highest BCUT2D eigenvalue weighted by Crippen LogP contribution is 2.43. The van der Waals surface area contributed by atoms with E-state index in [1.165, 1.54) is 38.5 Å². The van der Waals surface area contributed by atoms with E-state index >= 15 is 0 Å². The van der Waals surface area contributed by atoms with Crippen molar-refractivity contribution in [2.45, 2.75) is 192 Å². The summed E-state index contributed by atoms with van der Waals surface area (Å²) < 4.78 is 38.4. The van der Waals surface area contributed by atoms with Crippen molar-refractivity contribution >= 4 is 25.7 Å². The molecule has 1 rings (SSSR count). The summed E-state index contributed by atoms with van der Waals surface area (Å²) in [5, 5.41) is 8.88. The van der Waals surface area contributed by atoms with Crippen LogP contribution < -0.4 is 5.73 Å². The molecule has 0 amide bonds. The average molecular weight is 800 g/mol. The van der Waals surface area contributed by atoms with Gasteiger partial charge < -0.3 is 29.9 Å². The van der Waals surface area contributed by atoms with Crippen molar-refractivity contribution in [3.63, 3.8) is 0 Å². The lowest BCUT2D eigenvalue weighted by molar-refractivity contribution is -0.161. The van der Waals surface area contributed by atoms with Gasteiger partial charge in [-0.2, -0.15) is 0 Å². The molecule has 318 valence electrons. The Morgan fingerprint density at radius 2 is 1.20 bits per heavy atom. The number of unbranched alkanes of at least 4 members (excludes halogenated alkanes) is 15. The van der Waals surface area contributed by atoms with Crippen molar-refractivity contribution in [2.75, 3.05) is 19.8 Å². The first-order chi connectivity index (χ1) is 26.6. The number of esters is 2. The quantitative estimate of drug-likeness (QED) is 0.0177. The molecule has 1 aliphatic heterocycles. The van der Waals surface area contributed by atoms with Gasteiger partial charge in [0.15, 0.2) is 6.10 Å². The largest absolute Gasteiger partial charge is 0.480 e. The maximum absolute atomic E-state index is 12.6. The number of allylic oxidation sites excluding steroid dienone is 5. The third kappa shape index (κ3) is 31.4. The molecule has 0 aromatic heterocycles. The van der Waals surface area contributed by atoms with Crippen molar-refractivity contribution in [3.8, 4) is 0 Å². The Morgan fingerprint density at radius 3 is 1.82 bits per heavy atom. The molecule has 0 aliphatic carbocycles. The molecular formula is C42H74NO11P. The lowest BCUT2D eigenvalue weighted by Gasteiger charge is -2.20. The first kappa shape index (κ1) is 50.7. The third-order valence-corrected chi connectivity index (χ3v) is 10.2. The highest BCUT2D eigenvalue weighted by Gasteiger charge is 2.36. The van der Waals surface area contributed by atoms with E-state index in [4.69, 9.17) is 29.6 Å². The lowest BCUT2D eigenvalue weighted by Crippen LogP contribution is -2.34. The first-order valence-electron chi connectivity index (χ1n) is 21.1. The molecule has 0 bridgehead atoms. The summed E-state index contributed by atoms with van der Waals surface area (Å²) in [7, 11) is -4.73. The van der Waals surface area contributed by atoms with Crippen LogP contribution in [0.25, 0.3) is 0 Å². The SMILES string of the molecule is CCCCC/C=C\C/C=C\CCCCCCCC(=O)OC[C@H](COP(=O)(O)OC[C@H](N)C(=O)O)OC(=O)CCCCCCCC1OC1C/C=C\CCCCC. The molecule has 55 heavy (non-hydrogen) atoms. The van der Waals surface area contributed by atoms with Gasteiger partial charge in [-0.05, 0) is 70.6 Å². The maximum atomic E-state index is 12.6. The van der Waals surface area contributed by atoms with E-state index in [-0.39, 0.29) is 19.4 Å². The van der Waals surface area contributed by atoms with Crippen LogP contribution in [0.15, 0.2) is 36.5 Å². The standard InChI is InChI=1S/C42H74NO11P/c1-3-5-7-9-11-12-13-14-15-16-17-18-19-23-27-31-40(44)50-33-36(34-51-55(48,49)52-35-37(43)42(46)47)53-41(45)32-28-24-20-22-26-30-39-38(54-39)29-25-21-10-8-6-4-2/h11-12,14-15,21,25,36-39H,3-10,13,16-20,22-24,26-35,43H2,1-2H3,(H,46,47)(H,48,49)/b12-11-,15-14-,25-21-/t36-,37+,38?,39?/m1/s1. The zero-order valence-electron chi connectivity index (χ0n) is 34.0. The van der Waals surface area contributed by atoms with Gasteiger partial charge in [-0.3, -0.25) is 23.4 Å². The highest BCUT2D eigenvalue weighted by atomic mass is 31.2. The summed E-state index contributed by atoms with van der Waals surface area (Å²) in [5.74, 6) is -2.42. The number of ether oxygens (including phenoxy) is 3. The fourth-order valence-electron chi connectivity index (χ4n) is 5.81. The third-order valence-electron chi connectivity index (χ3n) is 9.28. The number of carboxylic acids is 1. The van der Waals surface area contributed by atoms with Crippen molar-refractivity contribution in [1.29, 1.82) is 0 Å². The van der Waals surface area contributed by atoms with Gasteiger partial charge in [-0.25, -0.2) is 4.57 Å². The van der Waals surface area contributed by atoms with Gasteiger partial charge >= 0.3 is 25.7 Å². The molecule has 0 radical (unpaired) electrons. The summed E-state index contributed by atoms with van der Waals surface area (Å²) in [6.07, 6.45) is 36.5. The number of phosphoric acid groups is 1. The molecule has 1 saturated heterocycles. The number of carboxylic acid groups (broad SMARTS) is 1. The number of nitrogens with two attached hydrogens (primary N) is 1. The molecular weight excluding hydrogens is 725 g/mol. The molecule has 5 atom stereocenters.